The molecule has 0 amide bonds. The van der Waals surface area contributed by atoms with Gasteiger partial charge in [0.25, 0.3) is 0 Å². The van der Waals surface area contributed by atoms with Gasteiger partial charge in [0.05, 0.1) is 5.69 Å². The van der Waals surface area contributed by atoms with E-state index in [1.54, 1.807) is 6.20 Å². The number of nitrogens with one attached hydrogen (secondary N) is 2. The summed E-state index contributed by atoms with van der Waals surface area (Å²) in [7, 11) is 0. The highest BCUT2D eigenvalue weighted by Crippen LogP contribution is 2.09. The van der Waals surface area contributed by atoms with Crippen LogP contribution in [-0.4, -0.2) is 59.9 Å². The Morgan fingerprint density at radius 3 is 2.64 bits per heavy atom. The zero-order valence-electron chi connectivity index (χ0n) is 17.1. The molecule has 1 saturated heterocycles. The van der Waals surface area contributed by atoms with Crippen molar-refractivity contribution >= 4 is 5.96 Å². The minimum atomic E-state index is 0.876. The van der Waals surface area contributed by atoms with Gasteiger partial charge in [0.1, 0.15) is 0 Å². The summed E-state index contributed by atoms with van der Waals surface area (Å²) in [4.78, 5) is 7.30. The smallest absolute Gasteiger partial charge is 0.191 e. The van der Waals surface area contributed by atoms with E-state index in [1.165, 1.54) is 44.5 Å². The zero-order chi connectivity index (χ0) is 19.4. The molecule has 1 fully saturated rings. The van der Waals surface area contributed by atoms with Gasteiger partial charge in [-0.15, -0.1) is 0 Å². The fourth-order valence-corrected chi connectivity index (χ4v) is 3.55. The molecule has 0 atom stereocenters. The van der Waals surface area contributed by atoms with E-state index in [1.807, 2.05) is 16.9 Å². The van der Waals surface area contributed by atoms with Crippen LogP contribution in [0.1, 0.15) is 38.2 Å². The van der Waals surface area contributed by atoms with Crippen molar-refractivity contribution in [2.24, 2.45) is 4.99 Å². The normalized spacial score (nSPS) is 15.1. The topological polar surface area (TPSA) is 57.5 Å². The van der Waals surface area contributed by atoms with Crippen LogP contribution in [0.25, 0.3) is 5.69 Å². The van der Waals surface area contributed by atoms with Crippen molar-refractivity contribution in [1.29, 1.82) is 0 Å². The Morgan fingerprint density at radius 1 is 1.11 bits per heavy atom. The minimum Gasteiger partial charge on any atom is -0.357 e. The predicted octanol–water partition coefficient (Wildman–Crippen LogP) is 2.85. The molecule has 0 radical (unpaired) electrons. The molecule has 0 spiro atoms. The number of rotatable bonds is 10. The van der Waals surface area contributed by atoms with Crippen LogP contribution < -0.4 is 10.6 Å². The van der Waals surface area contributed by atoms with Crippen molar-refractivity contribution in [2.45, 2.75) is 39.0 Å². The van der Waals surface area contributed by atoms with Gasteiger partial charge in [-0.2, -0.15) is 5.10 Å². The summed E-state index contributed by atoms with van der Waals surface area (Å²) < 4.78 is 1.88. The van der Waals surface area contributed by atoms with Crippen molar-refractivity contribution in [3.63, 3.8) is 0 Å². The van der Waals surface area contributed by atoms with Crippen LogP contribution in [-0.2, 0) is 6.42 Å². The van der Waals surface area contributed by atoms with E-state index in [0.717, 1.165) is 44.1 Å². The Hall–Kier alpha value is -2.34. The van der Waals surface area contributed by atoms with Crippen LogP contribution in [0.5, 0.6) is 0 Å². The quantitative estimate of drug-likeness (QED) is 0.377. The number of hydrogen-bond acceptors (Lipinski definition) is 3. The van der Waals surface area contributed by atoms with E-state index in [9.17, 15) is 0 Å². The summed E-state index contributed by atoms with van der Waals surface area (Å²) in [5.41, 5.74) is 2.40. The van der Waals surface area contributed by atoms with Gasteiger partial charge in [-0.25, -0.2) is 4.68 Å². The SMILES string of the molecule is CCNC(=NCCCCN1CCCC1)NCCc1ccc(-n2cccn2)cc1. The van der Waals surface area contributed by atoms with Gasteiger partial charge in [-0.05, 0) is 82.4 Å². The lowest BCUT2D eigenvalue weighted by Crippen LogP contribution is -2.38. The Morgan fingerprint density at radius 2 is 1.93 bits per heavy atom. The number of likely N-dealkylation sites (tertiary alicyclic amines) is 1. The fraction of sp³-hybridized carbons (Fsp3) is 0.545. The number of aliphatic imine (C=N–C) groups is 1. The predicted molar refractivity (Wildman–Crippen MR) is 116 cm³/mol. The van der Waals surface area contributed by atoms with Gasteiger partial charge in [-0.1, -0.05) is 12.1 Å². The fourth-order valence-electron chi connectivity index (χ4n) is 3.55. The second-order valence-electron chi connectivity index (χ2n) is 7.31. The summed E-state index contributed by atoms with van der Waals surface area (Å²) in [6.45, 7) is 8.57. The maximum Gasteiger partial charge on any atom is 0.191 e. The molecular formula is C22H34N6. The molecule has 28 heavy (non-hydrogen) atoms. The van der Waals surface area contributed by atoms with Crippen molar-refractivity contribution in [2.75, 3.05) is 39.3 Å². The number of benzene rings is 1. The maximum atomic E-state index is 4.72. The zero-order valence-corrected chi connectivity index (χ0v) is 17.1. The maximum absolute atomic E-state index is 4.72. The Bertz CT molecular complexity index is 686. The first-order valence-electron chi connectivity index (χ1n) is 10.7. The van der Waals surface area contributed by atoms with Crippen LogP contribution in [0, 0.1) is 0 Å². The van der Waals surface area contributed by atoms with E-state index in [2.05, 4.69) is 51.8 Å². The third-order valence-corrected chi connectivity index (χ3v) is 5.11. The summed E-state index contributed by atoms with van der Waals surface area (Å²) in [5.74, 6) is 0.928. The summed E-state index contributed by atoms with van der Waals surface area (Å²) in [5, 5.41) is 11.1. The van der Waals surface area contributed by atoms with Crippen molar-refractivity contribution in [3.8, 4) is 5.69 Å². The average Bonchev–Trinajstić information content (AvgIpc) is 3.42. The summed E-state index contributed by atoms with van der Waals surface area (Å²) in [6, 6.07) is 10.5. The number of nitrogens with zero attached hydrogens (tertiary/aromatic N) is 4. The second kappa shape index (κ2) is 11.5. The lowest BCUT2D eigenvalue weighted by molar-refractivity contribution is 0.331. The van der Waals surface area contributed by atoms with Gasteiger partial charge >= 0.3 is 0 Å². The molecule has 1 aromatic heterocycles. The molecule has 152 valence electrons. The molecule has 0 saturated carbocycles. The molecule has 2 heterocycles. The van der Waals surface area contributed by atoms with E-state index in [4.69, 9.17) is 4.99 Å². The second-order valence-corrected chi connectivity index (χ2v) is 7.31. The first-order chi connectivity index (χ1) is 13.8. The number of unbranched alkanes of at least 4 members (excludes halogenated alkanes) is 1. The number of hydrogen-bond donors (Lipinski definition) is 2. The minimum absolute atomic E-state index is 0.876. The summed E-state index contributed by atoms with van der Waals surface area (Å²) in [6.07, 6.45) is 9.87. The van der Waals surface area contributed by atoms with Gasteiger partial charge < -0.3 is 15.5 Å². The first kappa shape index (κ1) is 20.4. The largest absolute Gasteiger partial charge is 0.357 e. The third-order valence-electron chi connectivity index (χ3n) is 5.11. The van der Waals surface area contributed by atoms with Crippen molar-refractivity contribution in [3.05, 3.63) is 48.3 Å². The van der Waals surface area contributed by atoms with Crippen LogP contribution in [0.2, 0.25) is 0 Å². The molecular weight excluding hydrogens is 348 g/mol. The summed E-state index contributed by atoms with van der Waals surface area (Å²) >= 11 is 0. The van der Waals surface area contributed by atoms with Crippen molar-refractivity contribution in [1.82, 2.24) is 25.3 Å². The van der Waals surface area contributed by atoms with Crippen LogP contribution in [0.4, 0.5) is 0 Å². The third kappa shape index (κ3) is 6.68. The standard InChI is InChI=1S/C22H34N6/c1-2-23-22(24-13-3-4-16-27-17-5-6-18-27)25-15-12-20-8-10-21(11-9-20)28-19-7-14-26-28/h7-11,14,19H,2-6,12-13,15-18H2,1H3,(H2,23,24,25). The van der Waals surface area contributed by atoms with E-state index < -0.39 is 0 Å². The van der Waals surface area contributed by atoms with E-state index in [0.29, 0.717) is 0 Å². The first-order valence-corrected chi connectivity index (χ1v) is 10.7. The number of aromatic nitrogens is 2. The van der Waals surface area contributed by atoms with Crippen LogP contribution in [0.3, 0.4) is 0 Å². The van der Waals surface area contributed by atoms with Gasteiger partial charge in [0.15, 0.2) is 5.96 Å². The highest BCUT2D eigenvalue weighted by atomic mass is 15.3. The van der Waals surface area contributed by atoms with Gasteiger partial charge in [0.2, 0.25) is 0 Å². The Labute approximate surface area is 169 Å². The molecule has 0 unspecified atom stereocenters. The molecule has 0 bridgehead atoms. The lowest BCUT2D eigenvalue weighted by Gasteiger charge is -2.14. The van der Waals surface area contributed by atoms with Crippen LogP contribution in [0.15, 0.2) is 47.7 Å². The Balaban J connectivity index is 1.36. The average molecular weight is 383 g/mol. The molecule has 0 aliphatic carbocycles. The molecule has 1 aliphatic rings. The monoisotopic (exact) mass is 382 g/mol. The molecule has 1 aliphatic heterocycles. The van der Waals surface area contributed by atoms with Crippen molar-refractivity contribution < 1.29 is 0 Å². The van der Waals surface area contributed by atoms with Gasteiger partial charge in [0, 0.05) is 32.0 Å². The van der Waals surface area contributed by atoms with Crippen LogP contribution >= 0.6 is 0 Å². The molecule has 6 heteroatoms. The molecule has 6 nitrogen and oxygen atoms in total. The Kier molecular flexibility index (Phi) is 8.37. The number of guanidine groups is 1. The van der Waals surface area contributed by atoms with E-state index >= 15 is 0 Å². The van der Waals surface area contributed by atoms with E-state index in [-0.39, 0.29) is 0 Å². The molecule has 2 aromatic rings. The highest BCUT2D eigenvalue weighted by molar-refractivity contribution is 5.79. The van der Waals surface area contributed by atoms with Gasteiger partial charge in [-0.3, -0.25) is 4.99 Å². The molecule has 2 N–H and O–H groups in total. The highest BCUT2D eigenvalue weighted by Gasteiger charge is 2.09. The molecule has 3 rings (SSSR count). The lowest BCUT2D eigenvalue weighted by atomic mass is 10.1. The molecule has 1 aromatic carbocycles.